The smallest absolute Gasteiger partial charge is 0.00408 e. The molecular weight excluding hydrogens is 158 g/mol. The zero-order valence-electron chi connectivity index (χ0n) is 9.69. The van der Waals surface area contributed by atoms with Gasteiger partial charge in [0.25, 0.3) is 0 Å². The van der Waals surface area contributed by atoms with E-state index < -0.39 is 0 Å². The average Bonchev–Trinajstić information content (AvgIpc) is 2.03. The molecule has 0 radical (unpaired) electrons. The van der Waals surface area contributed by atoms with Crippen molar-refractivity contribution in [1.29, 1.82) is 0 Å². The molecule has 0 amide bonds. The minimum absolute atomic E-state index is 0.464. The summed E-state index contributed by atoms with van der Waals surface area (Å²) >= 11 is 0. The lowest BCUT2D eigenvalue weighted by molar-refractivity contribution is 0.268. The molecule has 0 aromatic heterocycles. The minimum Gasteiger partial charge on any atom is -0.317 e. The zero-order chi connectivity index (χ0) is 10.3. The van der Waals surface area contributed by atoms with Crippen molar-refractivity contribution in [3.05, 3.63) is 12.7 Å². The summed E-state index contributed by atoms with van der Waals surface area (Å²) in [5.74, 6) is 0. The number of hydrogen-bond donors (Lipinski definition) is 1. The molecule has 1 N–H and O–H groups in total. The predicted molar refractivity (Wildman–Crippen MR) is 61.0 cm³/mol. The van der Waals surface area contributed by atoms with Crippen LogP contribution in [0.3, 0.4) is 0 Å². The van der Waals surface area contributed by atoms with Gasteiger partial charge in [-0.15, -0.1) is 6.58 Å². The largest absolute Gasteiger partial charge is 0.317 e. The molecule has 0 aromatic carbocycles. The molecule has 1 atom stereocenters. The third-order valence-electron chi connectivity index (χ3n) is 2.61. The second-order valence-corrected chi connectivity index (χ2v) is 4.74. The van der Waals surface area contributed by atoms with Gasteiger partial charge >= 0.3 is 0 Å². The SMILES string of the molecule is C=CCCCC(C)(C)CC(C)NC. The number of allylic oxidation sites excluding steroid dienone is 1. The Balaban J connectivity index is 3.71. The van der Waals surface area contributed by atoms with Gasteiger partial charge in [0.05, 0.1) is 0 Å². The summed E-state index contributed by atoms with van der Waals surface area (Å²) < 4.78 is 0. The highest BCUT2D eigenvalue weighted by Gasteiger charge is 2.19. The fourth-order valence-corrected chi connectivity index (χ4v) is 1.76. The first-order valence-electron chi connectivity index (χ1n) is 5.30. The van der Waals surface area contributed by atoms with Crippen LogP contribution in [0.15, 0.2) is 12.7 Å². The van der Waals surface area contributed by atoms with Gasteiger partial charge in [0, 0.05) is 6.04 Å². The molecule has 0 aliphatic rings. The van der Waals surface area contributed by atoms with Gasteiger partial charge in [0.1, 0.15) is 0 Å². The van der Waals surface area contributed by atoms with Crippen molar-refractivity contribution in [3.63, 3.8) is 0 Å². The lowest BCUT2D eigenvalue weighted by atomic mass is 9.81. The lowest BCUT2D eigenvalue weighted by Crippen LogP contribution is -2.28. The van der Waals surface area contributed by atoms with Crippen LogP contribution in [0.4, 0.5) is 0 Å². The van der Waals surface area contributed by atoms with Crippen LogP contribution in [0.5, 0.6) is 0 Å². The molecule has 0 spiro atoms. The topological polar surface area (TPSA) is 12.0 Å². The third-order valence-corrected chi connectivity index (χ3v) is 2.61. The molecule has 0 heterocycles. The van der Waals surface area contributed by atoms with Crippen molar-refractivity contribution in [2.24, 2.45) is 5.41 Å². The van der Waals surface area contributed by atoms with Crippen LogP contribution in [0.1, 0.15) is 46.5 Å². The first-order valence-corrected chi connectivity index (χ1v) is 5.30. The van der Waals surface area contributed by atoms with E-state index >= 15 is 0 Å². The fraction of sp³-hybridized carbons (Fsp3) is 0.833. The van der Waals surface area contributed by atoms with Gasteiger partial charge < -0.3 is 5.32 Å². The maximum Gasteiger partial charge on any atom is 0.00408 e. The second kappa shape index (κ2) is 6.20. The van der Waals surface area contributed by atoms with Crippen molar-refractivity contribution in [1.82, 2.24) is 5.32 Å². The molecular formula is C12H25N. The average molecular weight is 183 g/mol. The minimum atomic E-state index is 0.464. The normalized spacial score (nSPS) is 14.2. The summed E-state index contributed by atoms with van der Waals surface area (Å²) in [4.78, 5) is 0. The van der Waals surface area contributed by atoms with Crippen LogP contribution < -0.4 is 5.32 Å². The highest BCUT2D eigenvalue weighted by Crippen LogP contribution is 2.28. The van der Waals surface area contributed by atoms with Crippen LogP contribution >= 0.6 is 0 Å². The van der Waals surface area contributed by atoms with Crippen molar-refractivity contribution in [2.75, 3.05) is 7.05 Å². The number of rotatable bonds is 7. The number of nitrogens with one attached hydrogen (secondary N) is 1. The van der Waals surface area contributed by atoms with Crippen LogP contribution in [-0.2, 0) is 0 Å². The Kier molecular flexibility index (Phi) is 6.06. The molecule has 0 fully saturated rings. The van der Waals surface area contributed by atoms with Crippen molar-refractivity contribution >= 4 is 0 Å². The number of unbranched alkanes of at least 4 members (excludes halogenated alkanes) is 1. The van der Waals surface area contributed by atoms with Crippen molar-refractivity contribution < 1.29 is 0 Å². The molecule has 0 aromatic rings. The van der Waals surface area contributed by atoms with Gasteiger partial charge in [-0.25, -0.2) is 0 Å². The molecule has 0 saturated carbocycles. The Morgan fingerprint density at radius 1 is 1.46 bits per heavy atom. The summed E-state index contributed by atoms with van der Waals surface area (Å²) in [5, 5.41) is 3.29. The van der Waals surface area contributed by atoms with Gasteiger partial charge in [-0.05, 0) is 45.1 Å². The molecule has 1 heteroatoms. The van der Waals surface area contributed by atoms with Crippen LogP contribution in [0.2, 0.25) is 0 Å². The molecule has 0 aliphatic heterocycles. The quantitative estimate of drug-likeness (QED) is 0.471. The molecule has 0 saturated heterocycles. The van der Waals surface area contributed by atoms with Gasteiger partial charge in [0.15, 0.2) is 0 Å². The molecule has 78 valence electrons. The zero-order valence-corrected chi connectivity index (χ0v) is 9.69. The van der Waals surface area contributed by atoms with E-state index in [-0.39, 0.29) is 0 Å². The molecule has 0 rings (SSSR count). The maximum atomic E-state index is 3.75. The third kappa shape index (κ3) is 6.83. The van der Waals surface area contributed by atoms with E-state index in [1.165, 1.54) is 19.3 Å². The second-order valence-electron chi connectivity index (χ2n) is 4.74. The lowest BCUT2D eigenvalue weighted by Gasteiger charge is -2.27. The number of hydrogen-bond acceptors (Lipinski definition) is 1. The first kappa shape index (κ1) is 12.7. The molecule has 1 nitrogen and oxygen atoms in total. The summed E-state index contributed by atoms with van der Waals surface area (Å²) in [7, 11) is 2.03. The molecule has 0 aliphatic carbocycles. The molecule has 1 unspecified atom stereocenters. The Labute approximate surface area is 83.6 Å². The van der Waals surface area contributed by atoms with Gasteiger partial charge in [-0.1, -0.05) is 19.9 Å². The van der Waals surface area contributed by atoms with E-state index in [9.17, 15) is 0 Å². The van der Waals surface area contributed by atoms with Gasteiger partial charge in [-0.3, -0.25) is 0 Å². The Morgan fingerprint density at radius 2 is 2.08 bits per heavy atom. The van der Waals surface area contributed by atoms with Crippen LogP contribution in [0, 0.1) is 5.41 Å². The summed E-state index contributed by atoms with van der Waals surface area (Å²) in [6.07, 6.45) is 6.98. The monoisotopic (exact) mass is 183 g/mol. The van der Waals surface area contributed by atoms with E-state index in [2.05, 4.69) is 32.7 Å². The van der Waals surface area contributed by atoms with Gasteiger partial charge in [-0.2, -0.15) is 0 Å². The van der Waals surface area contributed by atoms with Crippen LogP contribution in [0.25, 0.3) is 0 Å². The molecule has 0 bridgehead atoms. The highest BCUT2D eigenvalue weighted by molar-refractivity contribution is 4.76. The van der Waals surface area contributed by atoms with Crippen molar-refractivity contribution in [2.45, 2.75) is 52.5 Å². The van der Waals surface area contributed by atoms with E-state index in [0.29, 0.717) is 11.5 Å². The highest BCUT2D eigenvalue weighted by atomic mass is 14.9. The standard InChI is InChI=1S/C12H25N/c1-6-7-8-9-12(3,4)10-11(2)13-5/h6,11,13H,1,7-10H2,2-5H3. The Hall–Kier alpha value is -0.300. The summed E-state index contributed by atoms with van der Waals surface area (Å²) in [6, 6.07) is 0.624. The predicted octanol–water partition coefficient (Wildman–Crippen LogP) is 3.37. The van der Waals surface area contributed by atoms with Gasteiger partial charge in [0.2, 0.25) is 0 Å². The molecule has 13 heavy (non-hydrogen) atoms. The Bertz CT molecular complexity index is 138. The summed E-state index contributed by atoms with van der Waals surface area (Å²) in [5.41, 5.74) is 0.464. The van der Waals surface area contributed by atoms with Crippen LogP contribution in [-0.4, -0.2) is 13.1 Å². The first-order chi connectivity index (χ1) is 6.02. The van der Waals surface area contributed by atoms with E-state index in [4.69, 9.17) is 0 Å². The van der Waals surface area contributed by atoms with Crippen molar-refractivity contribution in [3.8, 4) is 0 Å². The maximum absolute atomic E-state index is 3.75. The summed E-state index contributed by atoms with van der Waals surface area (Å²) in [6.45, 7) is 10.7. The van der Waals surface area contributed by atoms with E-state index in [1.807, 2.05) is 13.1 Å². The van der Waals surface area contributed by atoms with E-state index in [1.54, 1.807) is 0 Å². The van der Waals surface area contributed by atoms with E-state index in [0.717, 1.165) is 6.42 Å². The fourth-order valence-electron chi connectivity index (χ4n) is 1.76. The Morgan fingerprint density at radius 3 is 2.54 bits per heavy atom.